The summed E-state index contributed by atoms with van der Waals surface area (Å²) in [5.41, 5.74) is 0.292. The van der Waals surface area contributed by atoms with E-state index < -0.39 is 0 Å². The van der Waals surface area contributed by atoms with Crippen molar-refractivity contribution in [1.82, 2.24) is 5.32 Å². The maximum absolute atomic E-state index is 5.57. The third-order valence-corrected chi connectivity index (χ3v) is 4.87. The molecule has 92 valence electrons. The van der Waals surface area contributed by atoms with Crippen LogP contribution in [0.15, 0.2) is 4.99 Å². The van der Waals surface area contributed by atoms with Gasteiger partial charge in [0, 0.05) is 17.9 Å². The zero-order valence-electron chi connectivity index (χ0n) is 10.3. The monoisotopic (exact) mass is 242 g/mol. The Hall–Kier alpha value is -0.220. The SMILES string of the molecule is CCC1(CC)CSC(=NCC2CCCO2)N1. The minimum Gasteiger partial charge on any atom is -0.376 e. The molecule has 2 aliphatic heterocycles. The molecule has 0 radical (unpaired) electrons. The third kappa shape index (κ3) is 2.72. The van der Waals surface area contributed by atoms with Crippen molar-refractivity contribution in [2.45, 2.75) is 51.2 Å². The molecule has 0 aliphatic carbocycles. The highest BCUT2D eigenvalue weighted by molar-refractivity contribution is 8.14. The zero-order chi connectivity index (χ0) is 11.4. The van der Waals surface area contributed by atoms with Gasteiger partial charge in [-0.05, 0) is 25.7 Å². The molecule has 2 heterocycles. The Kier molecular flexibility index (Phi) is 4.14. The van der Waals surface area contributed by atoms with Crippen molar-refractivity contribution >= 4 is 16.9 Å². The molecule has 2 saturated heterocycles. The van der Waals surface area contributed by atoms with Crippen molar-refractivity contribution in [1.29, 1.82) is 0 Å². The number of amidine groups is 1. The minimum atomic E-state index is 0.292. The molecule has 0 saturated carbocycles. The topological polar surface area (TPSA) is 33.6 Å². The fraction of sp³-hybridized carbons (Fsp3) is 0.917. The lowest BCUT2D eigenvalue weighted by atomic mass is 9.96. The van der Waals surface area contributed by atoms with Gasteiger partial charge >= 0.3 is 0 Å². The zero-order valence-corrected chi connectivity index (χ0v) is 11.1. The van der Waals surface area contributed by atoms with Gasteiger partial charge in [-0.3, -0.25) is 4.99 Å². The normalized spacial score (nSPS) is 30.9. The van der Waals surface area contributed by atoms with Crippen LogP contribution in [0.4, 0.5) is 0 Å². The molecule has 16 heavy (non-hydrogen) atoms. The van der Waals surface area contributed by atoms with E-state index in [1.165, 1.54) is 25.7 Å². The van der Waals surface area contributed by atoms with Crippen LogP contribution in [-0.2, 0) is 4.74 Å². The molecule has 2 rings (SSSR count). The highest BCUT2D eigenvalue weighted by Crippen LogP contribution is 2.29. The standard InChI is InChI=1S/C12H22N2OS/c1-3-12(4-2)9-16-11(14-12)13-8-10-6-5-7-15-10/h10H,3-9H2,1-2H3,(H,13,14). The van der Waals surface area contributed by atoms with E-state index >= 15 is 0 Å². The first-order valence-electron chi connectivity index (χ1n) is 6.35. The Morgan fingerprint density at radius 1 is 1.50 bits per heavy atom. The van der Waals surface area contributed by atoms with Crippen LogP contribution in [0.1, 0.15) is 39.5 Å². The number of ether oxygens (including phenoxy) is 1. The fourth-order valence-electron chi connectivity index (χ4n) is 2.19. The second kappa shape index (κ2) is 5.41. The smallest absolute Gasteiger partial charge is 0.157 e. The summed E-state index contributed by atoms with van der Waals surface area (Å²) in [6, 6.07) is 0. The van der Waals surface area contributed by atoms with Crippen LogP contribution in [0.25, 0.3) is 0 Å². The largest absolute Gasteiger partial charge is 0.376 e. The van der Waals surface area contributed by atoms with Crippen molar-refractivity contribution in [2.75, 3.05) is 18.9 Å². The van der Waals surface area contributed by atoms with Gasteiger partial charge in [-0.2, -0.15) is 0 Å². The lowest BCUT2D eigenvalue weighted by molar-refractivity contribution is 0.118. The summed E-state index contributed by atoms with van der Waals surface area (Å²) in [6.07, 6.45) is 5.09. The Morgan fingerprint density at radius 2 is 2.31 bits per heavy atom. The van der Waals surface area contributed by atoms with E-state index in [0.717, 1.165) is 24.1 Å². The first-order chi connectivity index (χ1) is 7.78. The summed E-state index contributed by atoms with van der Waals surface area (Å²) in [5, 5.41) is 4.71. The van der Waals surface area contributed by atoms with Gasteiger partial charge in [0.05, 0.1) is 12.6 Å². The summed E-state index contributed by atoms with van der Waals surface area (Å²) in [4.78, 5) is 4.64. The first kappa shape index (κ1) is 12.2. The van der Waals surface area contributed by atoms with Gasteiger partial charge in [0.1, 0.15) is 0 Å². The molecule has 4 heteroatoms. The first-order valence-corrected chi connectivity index (χ1v) is 7.33. The lowest BCUT2D eigenvalue weighted by Crippen LogP contribution is -2.42. The molecular weight excluding hydrogens is 220 g/mol. The summed E-state index contributed by atoms with van der Waals surface area (Å²) in [5.74, 6) is 1.16. The Balaban J connectivity index is 1.84. The van der Waals surface area contributed by atoms with Crippen LogP contribution in [-0.4, -0.2) is 35.7 Å². The Morgan fingerprint density at radius 3 is 2.88 bits per heavy atom. The van der Waals surface area contributed by atoms with E-state index in [1.54, 1.807) is 0 Å². The molecule has 0 aromatic rings. The number of aliphatic imine (C=N–C) groups is 1. The summed E-state index contributed by atoms with van der Waals surface area (Å²) in [7, 11) is 0. The molecule has 2 fully saturated rings. The van der Waals surface area contributed by atoms with Crippen molar-refractivity contribution < 1.29 is 4.74 Å². The van der Waals surface area contributed by atoms with Gasteiger partial charge in [0.25, 0.3) is 0 Å². The van der Waals surface area contributed by atoms with E-state index in [-0.39, 0.29) is 0 Å². The van der Waals surface area contributed by atoms with Gasteiger partial charge in [-0.1, -0.05) is 25.6 Å². The predicted molar refractivity (Wildman–Crippen MR) is 70.2 cm³/mol. The summed E-state index contributed by atoms with van der Waals surface area (Å²) in [6.45, 7) is 6.25. The second-order valence-electron chi connectivity index (χ2n) is 4.68. The number of nitrogens with one attached hydrogen (secondary N) is 1. The van der Waals surface area contributed by atoms with Crippen LogP contribution in [0.3, 0.4) is 0 Å². The van der Waals surface area contributed by atoms with Crippen molar-refractivity contribution in [3.63, 3.8) is 0 Å². The average Bonchev–Trinajstić information content (AvgIpc) is 2.96. The number of thioether (sulfide) groups is 1. The van der Waals surface area contributed by atoms with E-state index in [1.807, 2.05) is 11.8 Å². The average molecular weight is 242 g/mol. The van der Waals surface area contributed by atoms with Crippen molar-refractivity contribution in [3.8, 4) is 0 Å². The number of rotatable bonds is 4. The molecule has 1 N–H and O–H groups in total. The van der Waals surface area contributed by atoms with Crippen LogP contribution in [0.2, 0.25) is 0 Å². The summed E-state index contributed by atoms with van der Waals surface area (Å²) < 4.78 is 5.57. The van der Waals surface area contributed by atoms with Crippen LogP contribution < -0.4 is 5.32 Å². The van der Waals surface area contributed by atoms with Crippen molar-refractivity contribution in [3.05, 3.63) is 0 Å². The van der Waals surface area contributed by atoms with Gasteiger partial charge in [0.2, 0.25) is 0 Å². The molecule has 1 unspecified atom stereocenters. The number of hydrogen-bond donors (Lipinski definition) is 1. The molecule has 0 aromatic heterocycles. The molecule has 0 bridgehead atoms. The Labute approximate surface area is 102 Å². The number of hydrogen-bond acceptors (Lipinski definition) is 3. The van der Waals surface area contributed by atoms with Gasteiger partial charge in [0.15, 0.2) is 5.17 Å². The van der Waals surface area contributed by atoms with Crippen LogP contribution >= 0.6 is 11.8 Å². The maximum Gasteiger partial charge on any atom is 0.157 e. The van der Waals surface area contributed by atoms with Crippen LogP contribution in [0, 0.1) is 0 Å². The minimum absolute atomic E-state index is 0.292. The van der Waals surface area contributed by atoms with Crippen molar-refractivity contribution in [2.24, 2.45) is 4.99 Å². The third-order valence-electron chi connectivity index (χ3n) is 3.67. The van der Waals surface area contributed by atoms with Gasteiger partial charge < -0.3 is 10.1 Å². The van der Waals surface area contributed by atoms with Gasteiger partial charge in [-0.25, -0.2) is 0 Å². The molecule has 1 atom stereocenters. The molecule has 0 spiro atoms. The second-order valence-corrected chi connectivity index (χ2v) is 5.65. The molecule has 3 nitrogen and oxygen atoms in total. The van der Waals surface area contributed by atoms with E-state index in [0.29, 0.717) is 11.6 Å². The van der Waals surface area contributed by atoms with E-state index in [2.05, 4.69) is 24.2 Å². The van der Waals surface area contributed by atoms with Gasteiger partial charge in [-0.15, -0.1) is 0 Å². The van der Waals surface area contributed by atoms with E-state index in [9.17, 15) is 0 Å². The fourth-order valence-corrected chi connectivity index (χ4v) is 3.54. The van der Waals surface area contributed by atoms with E-state index in [4.69, 9.17) is 4.74 Å². The predicted octanol–water partition coefficient (Wildman–Crippen LogP) is 2.42. The quantitative estimate of drug-likeness (QED) is 0.822. The highest BCUT2D eigenvalue weighted by atomic mass is 32.2. The molecule has 2 aliphatic rings. The van der Waals surface area contributed by atoms with Crippen LogP contribution in [0.5, 0.6) is 0 Å². The summed E-state index contributed by atoms with van der Waals surface area (Å²) >= 11 is 1.87. The maximum atomic E-state index is 5.57. The Bertz CT molecular complexity index is 258. The molecule has 0 amide bonds. The molecular formula is C12H22N2OS. The highest BCUT2D eigenvalue weighted by Gasteiger charge is 2.33. The lowest BCUT2D eigenvalue weighted by Gasteiger charge is -2.25. The number of nitrogens with zero attached hydrogens (tertiary/aromatic N) is 1. The molecule has 0 aromatic carbocycles.